The molecule has 3 nitrogen and oxygen atoms in total. The van der Waals surface area contributed by atoms with Gasteiger partial charge in [0, 0.05) is 18.3 Å². The van der Waals surface area contributed by atoms with Crippen LogP contribution in [0.5, 0.6) is 0 Å². The Hall–Kier alpha value is -1.81. The zero-order chi connectivity index (χ0) is 16.9. The SMILES string of the molecule is Cc1ccc(N(CCCS(=O)(=O)c2ccccc2)C(C)C)cc1. The van der Waals surface area contributed by atoms with E-state index in [-0.39, 0.29) is 5.75 Å². The normalized spacial score (nSPS) is 11.7. The van der Waals surface area contributed by atoms with Gasteiger partial charge in [-0.3, -0.25) is 0 Å². The molecule has 0 fully saturated rings. The third-order valence-electron chi connectivity index (χ3n) is 3.90. The van der Waals surface area contributed by atoms with Gasteiger partial charge in [-0.25, -0.2) is 8.42 Å². The van der Waals surface area contributed by atoms with Gasteiger partial charge in [-0.15, -0.1) is 0 Å². The molecule has 0 saturated carbocycles. The Morgan fingerprint density at radius 1 is 0.957 bits per heavy atom. The fourth-order valence-electron chi connectivity index (χ4n) is 2.59. The predicted octanol–water partition coefficient (Wildman–Crippen LogP) is 4.07. The highest BCUT2D eigenvalue weighted by Crippen LogP contribution is 2.19. The van der Waals surface area contributed by atoms with Crippen molar-refractivity contribution >= 4 is 15.5 Å². The summed E-state index contributed by atoms with van der Waals surface area (Å²) in [5, 5.41) is 0. The number of nitrogens with zero attached hydrogens (tertiary/aromatic N) is 1. The van der Waals surface area contributed by atoms with Gasteiger partial charge in [0.1, 0.15) is 0 Å². The van der Waals surface area contributed by atoms with Gasteiger partial charge in [-0.05, 0) is 51.5 Å². The van der Waals surface area contributed by atoms with E-state index in [0.29, 0.717) is 17.4 Å². The average Bonchev–Trinajstić information content (AvgIpc) is 2.53. The molecule has 0 radical (unpaired) electrons. The van der Waals surface area contributed by atoms with Crippen molar-refractivity contribution < 1.29 is 8.42 Å². The van der Waals surface area contributed by atoms with Gasteiger partial charge in [0.2, 0.25) is 0 Å². The van der Waals surface area contributed by atoms with Gasteiger partial charge >= 0.3 is 0 Å². The molecule has 2 aromatic carbocycles. The molecule has 0 unspecified atom stereocenters. The summed E-state index contributed by atoms with van der Waals surface area (Å²) in [6, 6.07) is 17.4. The number of anilines is 1. The number of sulfone groups is 1. The van der Waals surface area contributed by atoms with E-state index in [0.717, 1.165) is 12.2 Å². The van der Waals surface area contributed by atoms with E-state index in [9.17, 15) is 8.42 Å². The summed E-state index contributed by atoms with van der Waals surface area (Å²) in [5.41, 5.74) is 2.37. The van der Waals surface area contributed by atoms with Crippen LogP contribution in [0.2, 0.25) is 0 Å². The molecule has 0 aromatic heterocycles. The molecule has 0 atom stereocenters. The van der Waals surface area contributed by atoms with Crippen LogP contribution in [0.1, 0.15) is 25.8 Å². The largest absolute Gasteiger partial charge is 0.369 e. The molecule has 2 aromatic rings. The van der Waals surface area contributed by atoms with Crippen LogP contribution < -0.4 is 4.90 Å². The van der Waals surface area contributed by atoms with Gasteiger partial charge in [-0.2, -0.15) is 0 Å². The predicted molar refractivity (Wildman–Crippen MR) is 96.8 cm³/mol. The molecule has 0 N–H and O–H groups in total. The Labute approximate surface area is 139 Å². The van der Waals surface area contributed by atoms with Crippen LogP contribution in [0.25, 0.3) is 0 Å². The third kappa shape index (κ3) is 4.83. The number of benzene rings is 2. The smallest absolute Gasteiger partial charge is 0.178 e. The minimum atomic E-state index is -3.20. The zero-order valence-corrected chi connectivity index (χ0v) is 14.9. The van der Waals surface area contributed by atoms with Crippen molar-refractivity contribution in [3.63, 3.8) is 0 Å². The summed E-state index contributed by atoms with van der Waals surface area (Å²) in [5.74, 6) is 0.173. The van der Waals surface area contributed by atoms with Crippen LogP contribution in [0.4, 0.5) is 5.69 Å². The van der Waals surface area contributed by atoms with Gasteiger partial charge in [0.05, 0.1) is 10.6 Å². The molecular formula is C19H25NO2S. The Morgan fingerprint density at radius 2 is 1.57 bits per heavy atom. The maximum atomic E-state index is 12.3. The summed E-state index contributed by atoms with van der Waals surface area (Å²) in [6.45, 7) is 7.06. The van der Waals surface area contributed by atoms with E-state index in [1.165, 1.54) is 5.56 Å². The molecule has 124 valence electrons. The van der Waals surface area contributed by atoms with E-state index in [1.807, 2.05) is 6.07 Å². The topological polar surface area (TPSA) is 37.4 Å². The van der Waals surface area contributed by atoms with Gasteiger partial charge in [0.15, 0.2) is 9.84 Å². The highest BCUT2D eigenvalue weighted by Gasteiger charge is 2.16. The van der Waals surface area contributed by atoms with Crippen molar-refractivity contribution in [3.8, 4) is 0 Å². The minimum Gasteiger partial charge on any atom is -0.369 e. The third-order valence-corrected chi connectivity index (χ3v) is 5.72. The summed E-state index contributed by atoms with van der Waals surface area (Å²) in [4.78, 5) is 2.66. The lowest BCUT2D eigenvalue weighted by atomic mass is 10.2. The Bertz CT molecular complexity index is 707. The monoisotopic (exact) mass is 331 g/mol. The van der Waals surface area contributed by atoms with Crippen molar-refractivity contribution in [2.45, 2.75) is 38.1 Å². The van der Waals surface area contributed by atoms with E-state index in [2.05, 4.69) is 49.9 Å². The summed E-state index contributed by atoms with van der Waals surface area (Å²) < 4.78 is 24.7. The fourth-order valence-corrected chi connectivity index (χ4v) is 3.91. The van der Waals surface area contributed by atoms with E-state index in [4.69, 9.17) is 0 Å². The van der Waals surface area contributed by atoms with Crippen molar-refractivity contribution in [1.82, 2.24) is 0 Å². The summed E-state index contributed by atoms with van der Waals surface area (Å²) >= 11 is 0. The van der Waals surface area contributed by atoms with Crippen LogP contribution in [-0.4, -0.2) is 26.8 Å². The molecule has 0 aliphatic rings. The molecule has 4 heteroatoms. The van der Waals surface area contributed by atoms with Crippen molar-refractivity contribution in [1.29, 1.82) is 0 Å². The molecule has 0 amide bonds. The van der Waals surface area contributed by atoms with E-state index < -0.39 is 9.84 Å². The number of hydrogen-bond acceptors (Lipinski definition) is 3. The second-order valence-electron chi connectivity index (χ2n) is 6.11. The molecule has 0 spiro atoms. The van der Waals surface area contributed by atoms with Crippen LogP contribution >= 0.6 is 0 Å². The Balaban J connectivity index is 2.01. The van der Waals surface area contributed by atoms with Crippen molar-refractivity contribution in [2.24, 2.45) is 0 Å². The fraction of sp³-hybridized carbons (Fsp3) is 0.368. The molecule has 0 saturated heterocycles. The van der Waals surface area contributed by atoms with Crippen LogP contribution in [0.3, 0.4) is 0 Å². The average molecular weight is 331 g/mol. The summed E-state index contributed by atoms with van der Waals surface area (Å²) in [6.07, 6.45) is 0.614. The molecule has 2 rings (SSSR count). The Kier molecular flexibility index (Phi) is 5.83. The number of rotatable bonds is 7. The number of hydrogen-bond donors (Lipinski definition) is 0. The lowest BCUT2D eigenvalue weighted by Gasteiger charge is -2.29. The first-order valence-electron chi connectivity index (χ1n) is 8.01. The maximum absolute atomic E-state index is 12.3. The second-order valence-corrected chi connectivity index (χ2v) is 8.22. The highest BCUT2D eigenvalue weighted by atomic mass is 32.2. The molecular weight excluding hydrogens is 306 g/mol. The van der Waals surface area contributed by atoms with E-state index in [1.54, 1.807) is 24.3 Å². The highest BCUT2D eigenvalue weighted by molar-refractivity contribution is 7.91. The quantitative estimate of drug-likeness (QED) is 0.767. The first-order chi connectivity index (χ1) is 10.9. The lowest BCUT2D eigenvalue weighted by molar-refractivity contribution is 0.590. The number of aryl methyl sites for hydroxylation is 1. The molecule has 0 heterocycles. The van der Waals surface area contributed by atoms with Gasteiger partial charge < -0.3 is 4.90 Å². The van der Waals surface area contributed by atoms with Gasteiger partial charge in [-0.1, -0.05) is 35.9 Å². The lowest BCUT2D eigenvalue weighted by Crippen LogP contribution is -2.32. The van der Waals surface area contributed by atoms with E-state index >= 15 is 0 Å². The minimum absolute atomic E-state index is 0.173. The zero-order valence-electron chi connectivity index (χ0n) is 14.1. The second kappa shape index (κ2) is 7.64. The Morgan fingerprint density at radius 3 is 2.13 bits per heavy atom. The molecule has 0 aliphatic heterocycles. The van der Waals surface area contributed by atoms with Crippen LogP contribution in [0, 0.1) is 6.92 Å². The van der Waals surface area contributed by atoms with Crippen LogP contribution in [0.15, 0.2) is 59.5 Å². The summed E-state index contributed by atoms with van der Waals surface area (Å²) in [7, 11) is -3.20. The molecule has 0 aliphatic carbocycles. The maximum Gasteiger partial charge on any atom is 0.178 e. The first kappa shape index (κ1) is 17.5. The van der Waals surface area contributed by atoms with Crippen molar-refractivity contribution in [3.05, 3.63) is 60.2 Å². The van der Waals surface area contributed by atoms with Gasteiger partial charge in [0.25, 0.3) is 0 Å². The molecule has 23 heavy (non-hydrogen) atoms. The molecule has 0 bridgehead atoms. The van der Waals surface area contributed by atoms with Crippen LogP contribution in [-0.2, 0) is 9.84 Å². The standard InChI is InChI=1S/C19H25NO2S/c1-16(2)20(18-12-10-17(3)11-13-18)14-7-15-23(21,22)19-8-5-4-6-9-19/h4-6,8-13,16H,7,14-15H2,1-3H3. The van der Waals surface area contributed by atoms with Crippen molar-refractivity contribution in [2.75, 3.05) is 17.2 Å². The first-order valence-corrected chi connectivity index (χ1v) is 9.66.